The molecule has 0 fully saturated rings. The van der Waals surface area contributed by atoms with Crippen molar-refractivity contribution in [1.82, 2.24) is 4.98 Å². The number of carbonyl (C=O) groups excluding carboxylic acids is 1. The summed E-state index contributed by atoms with van der Waals surface area (Å²) in [6.07, 6.45) is 5.67. The van der Waals surface area contributed by atoms with Gasteiger partial charge in [-0.3, -0.25) is 4.79 Å². The number of aliphatic imine (C=N–C) groups is 1. The van der Waals surface area contributed by atoms with E-state index < -0.39 is 6.10 Å². The quantitative estimate of drug-likeness (QED) is 0.687. The number of nitrogens with zero attached hydrogens (tertiary/aromatic N) is 2. The Bertz CT molecular complexity index is 1000. The fraction of sp³-hybridized carbons (Fsp3) is 0.136. The van der Waals surface area contributed by atoms with Gasteiger partial charge in [-0.05, 0) is 35.9 Å². The van der Waals surface area contributed by atoms with Gasteiger partial charge in [0.1, 0.15) is 5.82 Å². The summed E-state index contributed by atoms with van der Waals surface area (Å²) in [5, 5.41) is 4.38. The van der Waals surface area contributed by atoms with Crippen LogP contribution in [0, 0.1) is 0 Å². The first kappa shape index (κ1) is 17.0. The van der Waals surface area contributed by atoms with E-state index in [4.69, 9.17) is 4.74 Å². The zero-order chi connectivity index (χ0) is 18.5. The average Bonchev–Trinajstić information content (AvgIpc) is 3.24. The zero-order valence-electron chi connectivity index (χ0n) is 14.7. The van der Waals surface area contributed by atoms with Gasteiger partial charge in [0.15, 0.2) is 6.10 Å². The van der Waals surface area contributed by atoms with E-state index in [0.29, 0.717) is 12.8 Å². The molecule has 1 unspecified atom stereocenters. The number of amides is 1. The first-order valence-electron chi connectivity index (χ1n) is 8.87. The Hall–Kier alpha value is -3.47. The minimum absolute atomic E-state index is 0.249. The van der Waals surface area contributed by atoms with Gasteiger partial charge in [-0.25, -0.2) is 9.98 Å². The molecule has 0 bridgehead atoms. The van der Waals surface area contributed by atoms with Crippen molar-refractivity contribution in [3.8, 4) is 0 Å². The molecule has 1 N–H and O–H groups in total. The predicted octanol–water partition coefficient (Wildman–Crippen LogP) is 4.42. The number of carbonyl (C=O) groups is 1. The standard InChI is InChI=1S/C22H19N3O2/c26-22(20-11-6-14-27-20)23-13-12-16-15-21(24-17-7-2-1-3-8-17)25-19-10-5-4-9-18(16)19/h1-10,13-15,20H,11-12H2,(H,24,25). The van der Waals surface area contributed by atoms with Gasteiger partial charge in [-0.15, -0.1) is 0 Å². The molecule has 2 heterocycles. The number of pyridine rings is 1. The molecule has 27 heavy (non-hydrogen) atoms. The average molecular weight is 357 g/mol. The van der Waals surface area contributed by atoms with Crippen molar-refractivity contribution in [2.75, 3.05) is 5.32 Å². The summed E-state index contributed by atoms with van der Waals surface area (Å²) in [6.45, 7) is 0. The van der Waals surface area contributed by atoms with Crippen molar-refractivity contribution in [3.63, 3.8) is 0 Å². The second-order valence-corrected chi connectivity index (χ2v) is 6.26. The van der Waals surface area contributed by atoms with Gasteiger partial charge < -0.3 is 10.1 Å². The van der Waals surface area contributed by atoms with Crippen molar-refractivity contribution >= 4 is 34.5 Å². The summed E-state index contributed by atoms with van der Waals surface area (Å²) >= 11 is 0. The molecule has 4 rings (SSSR count). The third kappa shape index (κ3) is 4.03. The van der Waals surface area contributed by atoms with E-state index in [1.54, 1.807) is 12.5 Å². The van der Waals surface area contributed by atoms with Gasteiger partial charge in [0.25, 0.3) is 5.91 Å². The highest BCUT2D eigenvalue weighted by Crippen LogP contribution is 2.23. The molecule has 5 heteroatoms. The molecule has 0 radical (unpaired) electrons. The van der Waals surface area contributed by atoms with Gasteiger partial charge in [-0.1, -0.05) is 36.4 Å². The molecule has 1 atom stereocenters. The molecular formula is C22H19N3O2. The fourth-order valence-corrected chi connectivity index (χ4v) is 3.01. The highest BCUT2D eigenvalue weighted by Gasteiger charge is 2.19. The van der Waals surface area contributed by atoms with E-state index in [1.165, 1.54) is 0 Å². The number of anilines is 2. The number of aromatic nitrogens is 1. The van der Waals surface area contributed by atoms with Gasteiger partial charge in [-0.2, -0.15) is 0 Å². The minimum Gasteiger partial charge on any atom is -0.488 e. The van der Waals surface area contributed by atoms with Crippen molar-refractivity contribution in [2.45, 2.75) is 18.9 Å². The lowest BCUT2D eigenvalue weighted by Crippen LogP contribution is -2.17. The molecule has 2 aromatic carbocycles. The molecule has 0 spiro atoms. The van der Waals surface area contributed by atoms with Crippen LogP contribution in [-0.4, -0.2) is 23.2 Å². The molecule has 0 saturated carbocycles. The maximum absolute atomic E-state index is 12.0. The Morgan fingerprint density at radius 1 is 1.19 bits per heavy atom. The Morgan fingerprint density at radius 3 is 2.81 bits per heavy atom. The van der Waals surface area contributed by atoms with Crippen molar-refractivity contribution < 1.29 is 9.53 Å². The summed E-state index contributed by atoms with van der Waals surface area (Å²) in [4.78, 5) is 20.8. The van der Waals surface area contributed by atoms with Gasteiger partial charge in [0, 0.05) is 30.1 Å². The second kappa shape index (κ2) is 7.83. The molecule has 0 saturated heterocycles. The van der Waals surface area contributed by atoms with Crippen LogP contribution in [0.2, 0.25) is 0 Å². The molecule has 1 aliphatic rings. The Kier molecular flexibility index (Phi) is 4.92. The molecule has 1 amide bonds. The number of fused-ring (bicyclic) bond motifs is 1. The molecule has 0 aliphatic carbocycles. The number of para-hydroxylation sites is 2. The van der Waals surface area contributed by atoms with Gasteiger partial charge in [0.05, 0.1) is 11.8 Å². The topological polar surface area (TPSA) is 63.6 Å². The minimum atomic E-state index is -0.481. The maximum Gasteiger partial charge on any atom is 0.286 e. The number of benzene rings is 2. The van der Waals surface area contributed by atoms with Crippen molar-refractivity contribution in [3.05, 3.63) is 78.6 Å². The highest BCUT2D eigenvalue weighted by molar-refractivity contribution is 5.91. The van der Waals surface area contributed by atoms with E-state index in [9.17, 15) is 4.79 Å². The lowest BCUT2D eigenvalue weighted by Gasteiger charge is -2.10. The summed E-state index contributed by atoms with van der Waals surface area (Å²) < 4.78 is 5.21. The molecule has 5 nitrogen and oxygen atoms in total. The largest absolute Gasteiger partial charge is 0.488 e. The molecule has 134 valence electrons. The van der Waals surface area contributed by atoms with Gasteiger partial charge >= 0.3 is 0 Å². The van der Waals surface area contributed by atoms with E-state index in [2.05, 4.69) is 15.3 Å². The molecule has 1 aromatic heterocycles. The van der Waals surface area contributed by atoms with Gasteiger partial charge in [0.2, 0.25) is 0 Å². The van der Waals surface area contributed by atoms with E-state index in [1.807, 2.05) is 66.7 Å². The third-order valence-corrected chi connectivity index (χ3v) is 4.34. The first-order valence-corrected chi connectivity index (χ1v) is 8.87. The van der Waals surface area contributed by atoms with Crippen molar-refractivity contribution in [2.24, 2.45) is 4.99 Å². The van der Waals surface area contributed by atoms with Crippen LogP contribution in [0.1, 0.15) is 12.0 Å². The Balaban J connectivity index is 1.57. The number of ether oxygens (including phenoxy) is 1. The molecular weight excluding hydrogens is 338 g/mol. The monoisotopic (exact) mass is 357 g/mol. The van der Waals surface area contributed by atoms with Crippen LogP contribution < -0.4 is 5.32 Å². The maximum atomic E-state index is 12.0. The molecule has 1 aliphatic heterocycles. The number of rotatable bonds is 5. The van der Waals surface area contributed by atoms with E-state index in [-0.39, 0.29) is 5.91 Å². The van der Waals surface area contributed by atoms with Crippen LogP contribution in [0.4, 0.5) is 11.5 Å². The van der Waals surface area contributed by atoms with Crippen LogP contribution in [-0.2, 0) is 16.0 Å². The van der Waals surface area contributed by atoms with Crippen LogP contribution in [0.5, 0.6) is 0 Å². The fourth-order valence-electron chi connectivity index (χ4n) is 3.01. The molecule has 3 aromatic rings. The number of hydrogen-bond acceptors (Lipinski definition) is 4. The normalized spacial score (nSPS) is 15.9. The van der Waals surface area contributed by atoms with E-state index in [0.717, 1.165) is 28.0 Å². The summed E-state index contributed by atoms with van der Waals surface area (Å²) in [6, 6.07) is 19.9. The zero-order valence-corrected chi connectivity index (χ0v) is 14.7. The van der Waals surface area contributed by atoms with Crippen LogP contribution >= 0.6 is 0 Å². The second-order valence-electron chi connectivity index (χ2n) is 6.26. The summed E-state index contributed by atoms with van der Waals surface area (Å²) in [5.41, 5.74) is 2.93. The van der Waals surface area contributed by atoms with E-state index >= 15 is 0 Å². The lowest BCUT2D eigenvalue weighted by molar-refractivity contribution is -0.125. The Morgan fingerprint density at radius 2 is 2.00 bits per heavy atom. The summed E-state index contributed by atoms with van der Waals surface area (Å²) in [7, 11) is 0. The lowest BCUT2D eigenvalue weighted by atomic mass is 10.1. The summed E-state index contributed by atoms with van der Waals surface area (Å²) in [5.74, 6) is 0.513. The number of nitrogens with one attached hydrogen (secondary N) is 1. The predicted molar refractivity (Wildman–Crippen MR) is 107 cm³/mol. The smallest absolute Gasteiger partial charge is 0.286 e. The number of hydrogen-bond donors (Lipinski definition) is 1. The third-order valence-electron chi connectivity index (χ3n) is 4.34. The SMILES string of the molecule is O=C(N=CCc1cc(Nc2ccccc2)nc2ccccc12)C1CC=CO1. The first-order chi connectivity index (χ1) is 13.3. The van der Waals surface area contributed by atoms with Crippen molar-refractivity contribution in [1.29, 1.82) is 0 Å². The Labute approximate surface area is 157 Å². The van der Waals surface area contributed by atoms with Crippen LogP contribution in [0.3, 0.4) is 0 Å². The van der Waals surface area contributed by atoms with Crippen LogP contribution in [0.15, 0.2) is 78.0 Å². The highest BCUT2D eigenvalue weighted by atomic mass is 16.5. The van der Waals surface area contributed by atoms with Crippen LogP contribution in [0.25, 0.3) is 10.9 Å².